The number of allylic oxidation sites excluding steroid dienone is 1. The minimum absolute atomic E-state index is 0.128. The van der Waals surface area contributed by atoms with E-state index < -0.39 is 24.0 Å². The molecule has 2 amide bonds. The van der Waals surface area contributed by atoms with Crippen molar-refractivity contribution in [3.8, 4) is 0 Å². The van der Waals surface area contributed by atoms with Gasteiger partial charge in [-0.3, -0.25) is 9.59 Å². The number of carbonyl (C=O) groups excluding carboxylic acids is 2. The van der Waals surface area contributed by atoms with E-state index in [1.165, 1.54) is 6.92 Å². The molecule has 6 heteroatoms. The van der Waals surface area contributed by atoms with Crippen LogP contribution in [0.3, 0.4) is 0 Å². The fourth-order valence-electron chi connectivity index (χ4n) is 1.59. The monoisotopic (exact) mass is 284 g/mol. The molecule has 0 saturated heterocycles. The van der Waals surface area contributed by atoms with Crippen LogP contribution in [0.15, 0.2) is 11.6 Å². The highest BCUT2D eigenvalue weighted by Gasteiger charge is 2.27. The van der Waals surface area contributed by atoms with Gasteiger partial charge in [-0.15, -0.1) is 0 Å². The quantitative estimate of drug-likeness (QED) is 0.609. The molecule has 0 fully saturated rings. The second-order valence-corrected chi connectivity index (χ2v) is 5.34. The van der Waals surface area contributed by atoms with Crippen molar-refractivity contribution in [2.75, 3.05) is 0 Å². The zero-order valence-electron chi connectivity index (χ0n) is 12.7. The Labute approximate surface area is 119 Å². The molecule has 0 saturated carbocycles. The van der Waals surface area contributed by atoms with E-state index in [2.05, 4.69) is 10.6 Å². The van der Waals surface area contributed by atoms with Crippen molar-refractivity contribution in [3.63, 3.8) is 0 Å². The number of amides is 2. The Morgan fingerprint density at radius 2 is 1.65 bits per heavy atom. The van der Waals surface area contributed by atoms with E-state index in [0.717, 1.165) is 5.57 Å². The number of hydrogen-bond donors (Lipinski definition) is 3. The number of carboxylic acid groups (broad SMARTS) is 1. The number of carbonyl (C=O) groups is 3. The largest absolute Gasteiger partial charge is 0.480 e. The smallest absolute Gasteiger partial charge is 0.326 e. The lowest BCUT2D eigenvalue weighted by Crippen LogP contribution is -2.53. The van der Waals surface area contributed by atoms with E-state index in [4.69, 9.17) is 5.11 Å². The highest BCUT2D eigenvalue weighted by Crippen LogP contribution is 2.05. The Bertz CT molecular complexity index is 398. The number of carboxylic acids is 1. The van der Waals surface area contributed by atoms with Crippen molar-refractivity contribution in [1.82, 2.24) is 10.6 Å². The molecule has 0 aromatic heterocycles. The van der Waals surface area contributed by atoms with E-state index in [9.17, 15) is 14.4 Å². The summed E-state index contributed by atoms with van der Waals surface area (Å²) < 4.78 is 0. The normalized spacial score (nSPS) is 13.3. The van der Waals surface area contributed by atoms with Crippen molar-refractivity contribution in [2.45, 2.75) is 53.1 Å². The lowest BCUT2D eigenvalue weighted by molar-refractivity contribution is -0.142. The van der Waals surface area contributed by atoms with Gasteiger partial charge in [-0.2, -0.15) is 0 Å². The number of rotatable bonds is 7. The highest BCUT2D eigenvalue weighted by atomic mass is 16.4. The van der Waals surface area contributed by atoms with Crippen LogP contribution in [0.5, 0.6) is 0 Å². The number of aliphatic carboxylic acids is 1. The average Bonchev–Trinajstić information content (AvgIpc) is 2.29. The molecule has 0 aromatic carbocycles. The van der Waals surface area contributed by atoms with Gasteiger partial charge in [-0.1, -0.05) is 25.5 Å². The maximum Gasteiger partial charge on any atom is 0.326 e. The third-order valence-electron chi connectivity index (χ3n) is 2.68. The van der Waals surface area contributed by atoms with E-state index in [0.29, 0.717) is 0 Å². The molecule has 2 atom stereocenters. The Morgan fingerprint density at radius 3 is 2.00 bits per heavy atom. The molecule has 20 heavy (non-hydrogen) atoms. The summed E-state index contributed by atoms with van der Waals surface area (Å²) in [6.07, 6.45) is 1.97. The third-order valence-corrected chi connectivity index (χ3v) is 2.68. The van der Waals surface area contributed by atoms with Crippen molar-refractivity contribution in [1.29, 1.82) is 0 Å². The topological polar surface area (TPSA) is 95.5 Å². The van der Waals surface area contributed by atoms with E-state index in [-0.39, 0.29) is 18.2 Å². The lowest BCUT2D eigenvalue weighted by Gasteiger charge is -2.23. The molecule has 114 valence electrons. The van der Waals surface area contributed by atoms with Crippen LogP contribution in [0.2, 0.25) is 0 Å². The summed E-state index contributed by atoms with van der Waals surface area (Å²) in [5.74, 6) is -2.03. The van der Waals surface area contributed by atoms with Crippen molar-refractivity contribution in [2.24, 2.45) is 5.92 Å². The van der Waals surface area contributed by atoms with Crippen LogP contribution >= 0.6 is 0 Å². The summed E-state index contributed by atoms with van der Waals surface area (Å²) in [7, 11) is 0. The second kappa shape index (κ2) is 8.35. The van der Waals surface area contributed by atoms with E-state index in [1.807, 2.05) is 13.8 Å². The molecule has 0 heterocycles. The zero-order valence-corrected chi connectivity index (χ0v) is 12.7. The molecular formula is C14H24N2O4. The van der Waals surface area contributed by atoms with E-state index in [1.54, 1.807) is 19.9 Å². The number of hydrogen-bond acceptors (Lipinski definition) is 3. The maximum absolute atomic E-state index is 12.1. The summed E-state index contributed by atoms with van der Waals surface area (Å²) in [5, 5.41) is 14.1. The van der Waals surface area contributed by atoms with Gasteiger partial charge in [-0.05, 0) is 26.2 Å². The van der Waals surface area contributed by atoms with Crippen molar-refractivity contribution >= 4 is 17.8 Å². The van der Waals surface area contributed by atoms with Gasteiger partial charge < -0.3 is 15.7 Å². The minimum atomic E-state index is -1.10. The van der Waals surface area contributed by atoms with Gasteiger partial charge in [0.2, 0.25) is 11.8 Å². The SMILES string of the molecule is CC(=O)N[C@@H](C(=O)N[C@H](CC=C(C)C)C(=O)O)C(C)C. The predicted molar refractivity (Wildman–Crippen MR) is 76.1 cm³/mol. The summed E-state index contributed by atoms with van der Waals surface area (Å²) in [5.41, 5.74) is 0.979. The summed E-state index contributed by atoms with van der Waals surface area (Å²) in [6.45, 7) is 8.60. The molecule has 6 nitrogen and oxygen atoms in total. The van der Waals surface area contributed by atoms with Gasteiger partial charge in [0, 0.05) is 6.92 Å². The first-order valence-electron chi connectivity index (χ1n) is 6.58. The second-order valence-electron chi connectivity index (χ2n) is 5.34. The first-order valence-corrected chi connectivity index (χ1v) is 6.58. The van der Waals surface area contributed by atoms with Gasteiger partial charge in [0.25, 0.3) is 0 Å². The van der Waals surface area contributed by atoms with Crippen LogP contribution in [0.1, 0.15) is 41.0 Å². The summed E-state index contributed by atoms with van der Waals surface area (Å²) >= 11 is 0. The lowest BCUT2D eigenvalue weighted by atomic mass is 10.0. The van der Waals surface area contributed by atoms with Crippen LogP contribution in [-0.4, -0.2) is 35.0 Å². The molecule has 0 rings (SSSR count). The molecule has 3 N–H and O–H groups in total. The first-order chi connectivity index (χ1) is 9.15. The van der Waals surface area contributed by atoms with E-state index >= 15 is 0 Å². The Balaban J connectivity index is 4.83. The Hall–Kier alpha value is -1.85. The molecule has 0 spiro atoms. The predicted octanol–water partition coefficient (Wildman–Crippen LogP) is 1.07. The summed E-state index contributed by atoms with van der Waals surface area (Å²) in [4.78, 5) is 34.3. The van der Waals surface area contributed by atoms with Gasteiger partial charge in [0.15, 0.2) is 0 Å². The standard InChI is InChI=1S/C14H24N2O4/c1-8(2)6-7-11(14(19)20)16-13(18)12(9(3)4)15-10(5)17/h6,9,11-12H,7H2,1-5H3,(H,15,17)(H,16,18)(H,19,20)/t11-,12-/m1/s1. The van der Waals surface area contributed by atoms with Gasteiger partial charge >= 0.3 is 5.97 Å². The molecule has 0 aliphatic rings. The number of nitrogens with one attached hydrogen (secondary N) is 2. The zero-order chi connectivity index (χ0) is 15.9. The van der Waals surface area contributed by atoms with Gasteiger partial charge in [0.05, 0.1) is 0 Å². The molecule has 0 unspecified atom stereocenters. The fourth-order valence-corrected chi connectivity index (χ4v) is 1.59. The van der Waals surface area contributed by atoms with Crippen LogP contribution in [0.4, 0.5) is 0 Å². The Kier molecular flexibility index (Phi) is 7.57. The summed E-state index contributed by atoms with van der Waals surface area (Å²) in [6, 6.07) is -1.73. The molecule has 0 aliphatic heterocycles. The third kappa shape index (κ3) is 6.92. The van der Waals surface area contributed by atoms with Crippen molar-refractivity contribution in [3.05, 3.63) is 11.6 Å². The fraction of sp³-hybridized carbons (Fsp3) is 0.643. The molecule has 0 bridgehead atoms. The van der Waals surface area contributed by atoms with Crippen molar-refractivity contribution < 1.29 is 19.5 Å². The molecule has 0 aliphatic carbocycles. The highest BCUT2D eigenvalue weighted by molar-refractivity contribution is 5.90. The maximum atomic E-state index is 12.1. The van der Waals surface area contributed by atoms with Crippen LogP contribution in [-0.2, 0) is 14.4 Å². The average molecular weight is 284 g/mol. The van der Waals surface area contributed by atoms with Crippen LogP contribution < -0.4 is 10.6 Å². The van der Waals surface area contributed by atoms with Gasteiger partial charge in [0.1, 0.15) is 12.1 Å². The Morgan fingerprint density at radius 1 is 1.10 bits per heavy atom. The van der Waals surface area contributed by atoms with Gasteiger partial charge in [-0.25, -0.2) is 4.79 Å². The minimum Gasteiger partial charge on any atom is -0.480 e. The first kappa shape index (κ1) is 18.1. The van der Waals surface area contributed by atoms with Crippen LogP contribution in [0.25, 0.3) is 0 Å². The van der Waals surface area contributed by atoms with Crippen LogP contribution in [0, 0.1) is 5.92 Å². The molecule has 0 aromatic rings. The molecule has 0 radical (unpaired) electrons. The molecular weight excluding hydrogens is 260 g/mol.